The third-order valence-electron chi connectivity index (χ3n) is 4.51. The number of nitrogens with zero attached hydrogens (tertiary/aromatic N) is 1. The van der Waals surface area contributed by atoms with E-state index in [2.05, 4.69) is 50.3 Å². The van der Waals surface area contributed by atoms with E-state index < -0.39 is 0 Å². The Hall–Kier alpha value is -2.55. The fourth-order valence-corrected chi connectivity index (χ4v) is 3.01. The van der Waals surface area contributed by atoms with E-state index in [1.807, 2.05) is 18.2 Å². The van der Waals surface area contributed by atoms with E-state index in [1.165, 1.54) is 5.56 Å². The molecule has 0 saturated heterocycles. The van der Waals surface area contributed by atoms with Gasteiger partial charge in [-0.2, -0.15) is 0 Å². The first kappa shape index (κ1) is 17.3. The van der Waals surface area contributed by atoms with Crippen LogP contribution >= 0.6 is 0 Å². The minimum absolute atomic E-state index is 0.191. The molecular formula is C22H25NO2. The van der Waals surface area contributed by atoms with Gasteiger partial charge in [0, 0.05) is 17.7 Å². The van der Waals surface area contributed by atoms with E-state index in [4.69, 9.17) is 14.5 Å². The number of ether oxygens (including phenoxy) is 2. The summed E-state index contributed by atoms with van der Waals surface area (Å²) in [5.74, 6) is 1.58. The highest BCUT2D eigenvalue weighted by molar-refractivity contribution is 6.04. The molecule has 3 nitrogen and oxygen atoms in total. The van der Waals surface area contributed by atoms with Crippen molar-refractivity contribution in [1.29, 1.82) is 0 Å². The van der Waals surface area contributed by atoms with Gasteiger partial charge in [-0.1, -0.05) is 44.2 Å². The quantitative estimate of drug-likeness (QED) is 0.659. The Labute approximate surface area is 150 Å². The summed E-state index contributed by atoms with van der Waals surface area (Å²) in [6.07, 6.45) is 7.16. The van der Waals surface area contributed by atoms with Crippen molar-refractivity contribution < 1.29 is 9.47 Å². The van der Waals surface area contributed by atoms with E-state index in [0.717, 1.165) is 47.7 Å². The predicted molar refractivity (Wildman–Crippen MR) is 104 cm³/mol. The molecule has 0 bridgehead atoms. The smallest absolute Gasteiger partial charge is 0.168 e. The van der Waals surface area contributed by atoms with Crippen molar-refractivity contribution in [2.75, 3.05) is 7.11 Å². The molecule has 0 amide bonds. The first-order chi connectivity index (χ1) is 12.2. The second-order valence-corrected chi connectivity index (χ2v) is 6.18. The van der Waals surface area contributed by atoms with Gasteiger partial charge < -0.3 is 9.47 Å². The molecule has 0 atom stereocenters. The van der Waals surface area contributed by atoms with Crippen LogP contribution in [0.4, 0.5) is 5.69 Å². The molecule has 2 aromatic carbocycles. The van der Waals surface area contributed by atoms with Gasteiger partial charge in [0.2, 0.25) is 0 Å². The normalized spacial score (nSPS) is 13.2. The second kappa shape index (κ2) is 8.02. The zero-order chi connectivity index (χ0) is 17.6. The summed E-state index contributed by atoms with van der Waals surface area (Å²) in [7, 11) is 1.68. The van der Waals surface area contributed by atoms with Gasteiger partial charge in [0.15, 0.2) is 11.5 Å². The van der Waals surface area contributed by atoms with Gasteiger partial charge in [-0.3, -0.25) is 4.99 Å². The minimum Gasteiger partial charge on any atom is -0.493 e. The first-order valence-corrected chi connectivity index (χ1v) is 8.92. The molecule has 1 aliphatic rings. The lowest BCUT2D eigenvalue weighted by atomic mass is 10.1. The van der Waals surface area contributed by atoms with Crippen LogP contribution in [0.1, 0.15) is 37.8 Å². The molecule has 0 radical (unpaired) electrons. The summed E-state index contributed by atoms with van der Waals surface area (Å²) in [6.45, 7) is 4.28. The van der Waals surface area contributed by atoms with Crippen molar-refractivity contribution in [1.82, 2.24) is 0 Å². The fourth-order valence-electron chi connectivity index (χ4n) is 3.01. The standard InChI is InChI=1S/C22H25NO2/c1-4-19(5-2)25-22-16(10-8-12-21(22)24-3)13-14-18-15-17-9-6-7-11-20(17)23-18/h6-14,19H,4-5,15H2,1-3H3/b14-13+. The lowest BCUT2D eigenvalue weighted by molar-refractivity contribution is 0.184. The number of rotatable bonds is 7. The maximum Gasteiger partial charge on any atom is 0.168 e. The average molecular weight is 335 g/mol. The molecule has 2 aromatic rings. The van der Waals surface area contributed by atoms with Crippen molar-refractivity contribution in [3.63, 3.8) is 0 Å². The molecule has 1 aliphatic heterocycles. The summed E-state index contributed by atoms with van der Waals surface area (Å²) in [4.78, 5) is 4.69. The molecular weight excluding hydrogens is 310 g/mol. The number of benzene rings is 2. The molecule has 0 spiro atoms. The Morgan fingerprint density at radius 3 is 2.56 bits per heavy atom. The molecule has 3 heteroatoms. The minimum atomic E-state index is 0.191. The monoisotopic (exact) mass is 335 g/mol. The highest BCUT2D eigenvalue weighted by Crippen LogP contribution is 2.34. The van der Waals surface area contributed by atoms with Crippen LogP contribution in [0.2, 0.25) is 0 Å². The summed E-state index contributed by atoms with van der Waals surface area (Å²) >= 11 is 0. The molecule has 0 N–H and O–H groups in total. The van der Waals surface area contributed by atoms with Gasteiger partial charge in [0.05, 0.1) is 18.9 Å². The van der Waals surface area contributed by atoms with Crippen molar-refractivity contribution in [3.05, 3.63) is 59.7 Å². The van der Waals surface area contributed by atoms with Crippen LogP contribution in [0.3, 0.4) is 0 Å². The van der Waals surface area contributed by atoms with E-state index in [1.54, 1.807) is 7.11 Å². The highest BCUT2D eigenvalue weighted by Gasteiger charge is 2.15. The molecule has 1 heterocycles. The number of hydrogen-bond acceptors (Lipinski definition) is 3. The van der Waals surface area contributed by atoms with Crippen LogP contribution in [0.25, 0.3) is 6.08 Å². The van der Waals surface area contributed by atoms with Crippen LogP contribution in [-0.2, 0) is 6.42 Å². The van der Waals surface area contributed by atoms with E-state index in [9.17, 15) is 0 Å². The predicted octanol–water partition coefficient (Wildman–Crippen LogP) is 5.60. The third-order valence-corrected chi connectivity index (χ3v) is 4.51. The summed E-state index contributed by atoms with van der Waals surface area (Å²) in [5.41, 5.74) is 4.44. The van der Waals surface area contributed by atoms with Gasteiger partial charge in [0.25, 0.3) is 0 Å². The van der Waals surface area contributed by atoms with E-state index >= 15 is 0 Å². The van der Waals surface area contributed by atoms with Crippen LogP contribution < -0.4 is 9.47 Å². The maximum absolute atomic E-state index is 6.23. The van der Waals surface area contributed by atoms with Crippen molar-refractivity contribution in [2.45, 2.75) is 39.2 Å². The summed E-state index contributed by atoms with van der Waals surface area (Å²) in [6, 6.07) is 14.3. The Morgan fingerprint density at radius 2 is 1.84 bits per heavy atom. The van der Waals surface area contributed by atoms with E-state index in [-0.39, 0.29) is 6.10 Å². The van der Waals surface area contributed by atoms with Crippen LogP contribution in [0, 0.1) is 0 Å². The second-order valence-electron chi connectivity index (χ2n) is 6.18. The van der Waals surface area contributed by atoms with Gasteiger partial charge >= 0.3 is 0 Å². The maximum atomic E-state index is 6.23. The largest absolute Gasteiger partial charge is 0.493 e. The number of allylic oxidation sites excluding steroid dienone is 1. The molecule has 0 aromatic heterocycles. The molecule has 25 heavy (non-hydrogen) atoms. The van der Waals surface area contributed by atoms with Crippen molar-refractivity contribution in [3.8, 4) is 11.5 Å². The molecule has 0 fully saturated rings. The zero-order valence-corrected chi connectivity index (χ0v) is 15.2. The molecule has 0 saturated carbocycles. The summed E-state index contributed by atoms with van der Waals surface area (Å²) < 4.78 is 11.7. The van der Waals surface area contributed by atoms with Crippen molar-refractivity contribution in [2.24, 2.45) is 4.99 Å². The Bertz CT molecular complexity index is 788. The van der Waals surface area contributed by atoms with Gasteiger partial charge in [-0.25, -0.2) is 0 Å². The topological polar surface area (TPSA) is 30.8 Å². The highest BCUT2D eigenvalue weighted by atomic mass is 16.5. The van der Waals surface area contributed by atoms with E-state index in [0.29, 0.717) is 0 Å². The number of fused-ring (bicyclic) bond motifs is 1. The lowest BCUT2D eigenvalue weighted by Crippen LogP contribution is -2.15. The SMILES string of the molecule is CCC(CC)Oc1c(/C=C/C2=Nc3ccccc3C2)cccc1OC. The van der Waals surface area contributed by atoms with Crippen molar-refractivity contribution >= 4 is 17.5 Å². The number of hydrogen-bond donors (Lipinski definition) is 0. The number of aliphatic imine (C=N–C) groups is 1. The Morgan fingerprint density at radius 1 is 1.04 bits per heavy atom. The van der Waals surface area contributed by atoms with Gasteiger partial charge in [-0.15, -0.1) is 0 Å². The van der Waals surface area contributed by atoms with Crippen LogP contribution in [-0.4, -0.2) is 18.9 Å². The number of para-hydroxylation sites is 2. The van der Waals surface area contributed by atoms with Gasteiger partial charge in [0.1, 0.15) is 0 Å². The fraction of sp³-hybridized carbons (Fsp3) is 0.318. The molecule has 0 aliphatic carbocycles. The Balaban J connectivity index is 1.85. The number of methoxy groups -OCH3 is 1. The molecule has 130 valence electrons. The third kappa shape index (κ3) is 3.93. The zero-order valence-electron chi connectivity index (χ0n) is 15.2. The Kier molecular flexibility index (Phi) is 5.54. The van der Waals surface area contributed by atoms with Gasteiger partial charge in [-0.05, 0) is 42.7 Å². The summed E-state index contributed by atoms with van der Waals surface area (Å²) in [5, 5.41) is 0. The lowest BCUT2D eigenvalue weighted by Gasteiger charge is -2.19. The van der Waals surface area contributed by atoms with Crippen LogP contribution in [0.5, 0.6) is 11.5 Å². The van der Waals surface area contributed by atoms with Crippen LogP contribution in [0.15, 0.2) is 53.5 Å². The molecule has 0 unspecified atom stereocenters. The first-order valence-electron chi connectivity index (χ1n) is 8.92. The molecule has 3 rings (SSSR count). The average Bonchev–Trinajstić information content (AvgIpc) is 3.07.